The molecule has 86 valence electrons. The summed E-state index contributed by atoms with van der Waals surface area (Å²) < 4.78 is 0. The number of piperazine rings is 1. The smallest absolute Gasteiger partial charge is 0.236 e. The van der Waals surface area contributed by atoms with Gasteiger partial charge in [-0.25, -0.2) is 0 Å². The highest BCUT2D eigenvalue weighted by atomic mass is 16.2. The van der Waals surface area contributed by atoms with E-state index < -0.39 is 0 Å². The lowest BCUT2D eigenvalue weighted by molar-refractivity contribution is -0.131. The third-order valence-corrected chi connectivity index (χ3v) is 3.13. The first kappa shape index (κ1) is 10.9. The first-order valence-corrected chi connectivity index (χ1v) is 5.97. The molecule has 0 spiro atoms. The van der Waals surface area contributed by atoms with Crippen LogP contribution in [0.3, 0.4) is 0 Å². The van der Waals surface area contributed by atoms with Gasteiger partial charge < -0.3 is 15.5 Å². The number of nitrogens with zero attached hydrogens (tertiary/aromatic N) is 1. The van der Waals surface area contributed by atoms with Crippen molar-refractivity contribution in [3.63, 3.8) is 0 Å². The second-order valence-electron chi connectivity index (χ2n) is 4.77. The van der Waals surface area contributed by atoms with E-state index >= 15 is 0 Å². The van der Waals surface area contributed by atoms with E-state index in [2.05, 4.69) is 17.6 Å². The fourth-order valence-corrected chi connectivity index (χ4v) is 1.98. The second-order valence-corrected chi connectivity index (χ2v) is 4.77. The summed E-state index contributed by atoms with van der Waals surface area (Å²) in [5, 5.41) is 6.58. The normalized spacial score (nSPS) is 26.7. The van der Waals surface area contributed by atoms with E-state index in [0.717, 1.165) is 32.1 Å². The number of amides is 1. The maximum atomic E-state index is 11.8. The summed E-state index contributed by atoms with van der Waals surface area (Å²) in [5.41, 5.74) is 0. The summed E-state index contributed by atoms with van der Waals surface area (Å²) in [6.07, 6.45) is 2.68. The molecule has 4 heteroatoms. The molecular formula is C11H21N3O. The van der Waals surface area contributed by atoms with Crippen molar-refractivity contribution in [1.29, 1.82) is 0 Å². The topological polar surface area (TPSA) is 44.4 Å². The minimum Gasteiger partial charge on any atom is -0.339 e. The summed E-state index contributed by atoms with van der Waals surface area (Å²) in [6, 6.07) is 0.436. The minimum atomic E-state index is 0.254. The monoisotopic (exact) mass is 211 g/mol. The minimum absolute atomic E-state index is 0.254. The maximum absolute atomic E-state index is 11.8. The molecule has 4 nitrogen and oxygen atoms in total. The Balaban J connectivity index is 1.64. The predicted molar refractivity (Wildman–Crippen MR) is 59.6 cm³/mol. The van der Waals surface area contributed by atoms with Gasteiger partial charge >= 0.3 is 0 Å². The maximum Gasteiger partial charge on any atom is 0.236 e. The van der Waals surface area contributed by atoms with E-state index in [4.69, 9.17) is 0 Å². The highest BCUT2D eigenvalue weighted by molar-refractivity contribution is 5.78. The van der Waals surface area contributed by atoms with Gasteiger partial charge in [-0.15, -0.1) is 0 Å². The molecule has 1 saturated heterocycles. The van der Waals surface area contributed by atoms with Gasteiger partial charge in [0, 0.05) is 25.7 Å². The lowest BCUT2D eigenvalue weighted by Gasteiger charge is -2.32. The van der Waals surface area contributed by atoms with Crippen LogP contribution < -0.4 is 10.6 Å². The number of hydrogen-bond donors (Lipinski definition) is 2. The molecule has 0 aromatic rings. The van der Waals surface area contributed by atoms with Crippen LogP contribution >= 0.6 is 0 Å². The number of carbonyl (C=O) groups is 1. The molecule has 2 fully saturated rings. The summed E-state index contributed by atoms with van der Waals surface area (Å²) in [5.74, 6) is 1.10. The number of carbonyl (C=O) groups excluding carboxylic acids is 1. The van der Waals surface area contributed by atoms with Gasteiger partial charge in [0.1, 0.15) is 0 Å². The van der Waals surface area contributed by atoms with Crippen LogP contribution in [0.2, 0.25) is 0 Å². The highest BCUT2D eigenvalue weighted by Crippen LogP contribution is 2.27. The lowest BCUT2D eigenvalue weighted by Crippen LogP contribution is -2.53. The Hall–Kier alpha value is -0.610. The van der Waals surface area contributed by atoms with E-state index in [1.165, 1.54) is 12.8 Å². The van der Waals surface area contributed by atoms with E-state index in [-0.39, 0.29) is 5.91 Å². The molecule has 1 atom stereocenters. The highest BCUT2D eigenvalue weighted by Gasteiger charge is 2.23. The van der Waals surface area contributed by atoms with Gasteiger partial charge in [-0.3, -0.25) is 4.79 Å². The summed E-state index contributed by atoms with van der Waals surface area (Å²) in [6.45, 7) is 6.29. The average molecular weight is 211 g/mol. The largest absolute Gasteiger partial charge is 0.339 e. The van der Waals surface area contributed by atoms with Gasteiger partial charge in [0.2, 0.25) is 5.91 Å². The summed E-state index contributed by atoms with van der Waals surface area (Å²) in [4.78, 5) is 13.7. The van der Waals surface area contributed by atoms with Gasteiger partial charge in [-0.1, -0.05) is 0 Å². The molecule has 1 amide bonds. The SMILES string of the molecule is C[C@@H]1CN(C(=O)CNCC2CC2)CCN1. The molecule has 2 N–H and O–H groups in total. The molecule has 2 aliphatic rings. The zero-order valence-electron chi connectivity index (χ0n) is 9.46. The van der Waals surface area contributed by atoms with Crippen molar-refractivity contribution in [2.24, 2.45) is 5.92 Å². The number of hydrogen-bond acceptors (Lipinski definition) is 3. The third kappa shape index (κ3) is 3.47. The van der Waals surface area contributed by atoms with Crippen molar-refractivity contribution in [2.45, 2.75) is 25.8 Å². The Morgan fingerprint density at radius 1 is 1.53 bits per heavy atom. The van der Waals surface area contributed by atoms with Gasteiger partial charge in [0.25, 0.3) is 0 Å². The zero-order chi connectivity index (χ0) is 10.7. The summed E-state index contributed by atoms with van der Waals surface area (Å²) >= 11 is 0. The molecule has 15 heavy (non-hydrogen) atoms. The molecule has 0 unspecified atom stereocenters. The van der Waals surface area contributed by atoms with E-state index in [1.54, 1.807) is 0 Å². The molecule has 2 rings (SSSR count). The van der Waals surface area contributed by atoms with Crippen molar-refractivity contribution in [1.82, 2.24) is 15.5 Å². The van der Waals surface area contributed by atoms with E-state index in [9.17, 15) is 4.79 Å². The van der Waals surface area contributed by atoms with Crippen LogP contribution in [0.5, 0.6) is 0 Å². The average Bonchev–Trinajstić information content (AvgIpc) is 3.01. The van der Waals surface area contributed by atoms with Crippen LogP contribution in [-0.4, -0.2) is 49.6 Å². The Morgan fingerprint density at radius 2 is 2.33 bits per heavy atom. The molecule has 1 aliphatic heterocycles. The Kier molecular flexibility index (Phi) is 3.59. The molecule has 1 aliphatic carbocycles. The van der Waals surface area contributed by atoms with Crippen LogP contribution in [0.4, 0.5) is 0 Å². The molecular weight excluding hydrogens is 190 g/mol. The Morgan fingerprint density at radius 3 is 3.00 bits per heavy atom. The standard InChI is InChI=1S/C11H21N3O/c1-9-8-14(5-4-13-9)11(15)7-12-6-10-2-3-10/h9-10,12-13H,2-8H2,1H3/t9-/m1/s1. The Bertz CT molecular complexity index is 228. The first-order valence-electron chi connectivity index (χ1n) is 5.97. The van der Waals surface area contributed by atoms with Crippen molar-refractivity contribution >= 4 is 5.91 Å². The second kappa shape index (κ2) is 4.94. The van der Waals surface area contributed by atoms with Crippen LogP contribution in [0, 0.1) is 5.92 Å². The summed E-state index contributed by atoms with van der Waals surface area (Å²) in [7, 11) is 0. The van der Waals surface area contributed by atoms with Crippen LogP contribution in [-0.2, 0) is 4.79 Å². The molecule has 1 saturated carbocycles. The van der Waals surface area contributed by atoms with Gasteiger partial charge in [0.05, 0.1) is 6.54 Å². The van der Waals surface area contributed by atoms with Gasteiger partial charge in [-0.05, 0) is 32.2 Å². The van der Waals surface area contributed by atoms with Crippen LogP contribution in [0.25, 0.3) is 0 Å². The zero-order valence-corrected chi connectivity index (χ0v) is 9.46. The quantitative estimate of drug-likeness (QED) is 0.677. The number of nitrogens with one attached hydrogen (secondary N) is 2. The van der Waals surface area contributed by atoms with E-state index in [1.807, 2.05) is 4.90 Å². The fraction of sp³-hybridized carbons (Fsp3) is 0.909. The van der Waals surface area contributed by atoms with E-state index in [0.29, 0.717) is 12.6 Å². The van der Waals surface area contributed by atoms with Crippen LogP contribution in [0.1, 0.15) is 19.8 Å². The number of rotatable bonds is 4. The van der Waals surface area contributed by atoms with Crippen molar-refractivity contribution in [3.05, 3.63) is 0 Å². The van der Waals surface area contributed by atoms with Gasteiger partial charge in [-0.2, -0.15) is 0 Å². The van der Waals surface area contributed by atoms with Crippen molar-refractivity contribution < 1.29 is 4.79 Å². The molecule has 0 radical (unpaired) electrons. The van der Waals surface area contributed by atoms with Crippen LogP contribution in [0.15, 0.2) is 0 Å². The molecule has 0 bridgehead atoms. The molecule has 0 aromatic carbocycles. The Labute approximate surface area is 91.4 Å². The van der Waals surface area contributed by atoms with Gasteiger partial charge in [0.15, 0.2) is 0 Å². The van der Waals surface area contributed by atoms with Crippen molar-refractivity contribution in [3.8, 4) is 0 Å². The molecule has 0 aromatic heterocycles. The predicted octanol–water partition coefficient (Wildman–Crippen LogP) is -0.194. The third-order valence-electron chi connectivity index (χ3n) is 3.13. The molecule has 1 heterocycles. The van der Waals surface area contributed by atoms with Crippen molar-refractivity contribution in [2.75, 3.05) is 32.7 Å². The first-order chi connectivity index (χ1) is 7.25. The lowest BCUT2D eigenvalue weighted by atomic mass is 10.2. The fourth-order valence-electron chi connectivity index (χ4n) is 1.98.